The average Bonchev–Trinajstić information content (AvgIpc) is 2.74. The number of aryl methyl sites for hydroxylation is 1. The second kappa shape index (κ2) is 5.41. The topological polar surface area (TPSA) is 112 Å². The first-order valence-corrected chi connectivity index (χ1v) is 6.77. The van der Waals surface area contributed by atoms with Crippen LogP contribution in [0.25, 0.3) is 10.2 Å². The van der Waals surface area contributed by atoms with Crippen molar-refractivity contribution in [3.05, 3.63) is 27.1 Å². The number of thiophene rings is 1. The summed E-state index contributed by atoms with van der Waals surface area (Å²) in [5.74, 6) is -1.59. The maximum atomic E-state index is 12.1. The number of carboxylic acids is 1. The van der Waals surface area contributed by atoms with Crippen LogP contribution in [0.3, 0.4) is 0 Å². The summed E-state index contributed by atoms with van der Waals surface area (Å²) < 4.78 is 0. The molecule has 0 saturated carbocycles. The van der Waals surface area contributed by atoms with Crippen LogP contribution in [0.15, 0.2) is 11.1 Å². The van der Waals surface area contributed by atoms with E-state index in [4.69, 9.17) is 5.11 Å². The van der Waals surface area contributed by atoms with Gasteiger partial charge in [-0.2, -0.15) is 0 Å². The number of carboxylic acid groups (broad SMARTS) is 1. The van der Waals surface area contributed by atoms with Gasteiger partial charge in [0, 0.05) is 0 Å². The number of carbonyl (C=O) groups excluding carboxylic acids is 1. The number of hydrogen-bond donors (Lipinski definition) is 3. The molecule has 0 radical (unpaired) electrons. The fourth-order valence-electron chi connectivity index (χ4n) is 1.86. The summed E-state index contributed by atoms with van der Waals surface area (Å²) in [4.78, 5) is 42.0. The third kappa shape index (κ3) is 2.42. The Hall–Kier alpha value is -2.22. The quantitative estimate of drug-likeness (QED) is 0.775. The van der Waals surface area contributed by atoms with Crippen molar-refractivity contribution in [3.8, 4) is 0 Å². The Kier molecular flexibility index (Phi) is 3.84. The molecule has 0 bridgehead atoms. The molecule has 20 heavy (non-hydrogen) atoms. The minimum atomic E-state index is -1.09. The highest BCUT2D eigenvalue weighted by molar-refractivity contribution is 7.20. The summed E-state index contributed by atoms with van der Waals surface area (Å²) in [6.07, 6.45) is 1.55. The first-order chi connectivity index (χ1) is 9.45. The second-order valence-corrected chi connectivity index (χ2v) is 5.24. The number of nitrogens with zero attached hydrogens (tertiary/aromatic N) is 1. The van der Waals surface area contributed by atoms with Crippen molar-refractivity contribution >= 4 is 33.4 Å². The Bertz CT molecular complexity index is 734. The monoisotopic (exact) mass is 295 g/mol. The van der Waals surface area contributed by atoms with Crippen LogP contribution in [0.1, 0.15) is 28.6 Å². The second-order valence-electron chi connectivity index (χ2n) is 4.24. The molecule has 106 valence electrons. The standard InChI is InChI=1S/C12H13N3O4S/c1-3-6(12(18)19)15-10(17)8-5(2)7-9(16)13-4-14-11(7)20-8/h4,6H,3H2,1-2H3,(H,15,17)(H,18,19)(H,13,14,16). The van der Waals surface area contributed by atoms with Gasteiger partial charge < -0.3 is 15.4 Å². The van der Waals surface area contributed by atoms with E-state index in [2.05, 4.69) is 15.3 Å². The third-order valence-corrected chi connectivity index (χ3v) is 4.15. The van der Waals surface area contributed by atoms with E-state index in [-0.39, 0.29) is 12.0 Å². The molecule has 3 N–H and O–H groups in total. The molecule has 2 rings (SSSR count). The highest BCUT2D eigenvalue weighted by Gasteiger charge is 2.23. The highest BCUT2D eigenvalue weighted by atomic mass is 32.1. The lowest BCUT2D eigenvalue weighted by atomic mass is 10.2. The molecule has 0 aliphatic carbocycles. The molecule has 0 spiro atoms. The van der Waals surface area contributed by atoms with Crippen LogP contribution in [-0.2, 0) is 4.79 Å². The molecule has 2 aromatic heterocycles. The average molecular weight is 295 g/mol. The number of aromatic amines is 1. The van der Waals surface area contributed by atoms with Gasteiger partial charge in [-0.25, -0.2) is 9.78 Å². The maximum absolute atomic E-state index is 12.1. The van der Waals surface area contributed by atoms with Crippen molar-refractivity contribution < 1.29 is 14.7 Å². The van der Waals surface area contributed by atoms with E-state index >= 15 is 0 Å². The minimum absolute atomic E-state index is 0.282. The van der Waals surface area contributed by atoms with Crippen molar-refractivity contribution in [1.82, 2.24) is 15.3 Å². The lowest BCUT2D eigenvalue weighted by molar-refractivity contribution is -0.139. The molecule has 0 aliphatic rings. The fourth-order valence-corrected chi connectivity index (χ4v) is 2.91. The number of fused-ring (bicyclic) bond motifs is 1. The Morgan fingerprint density at radius 1 is 1.55 bits per heavy atom. The zero-order valence-corrected chi connectivity index (χ0v) is 11.7. The summed E-state index contributed by atoms with van der Waals surface area (Å²) in [5, 5.41) is 11.7. The predicted molar refractivity (Wildman–Crippen MR) is 74.2 cm³/mol. The Morgan fingerprint density at radius 2 is 2.25 bits per heavy atom. The smallest absolute Gasteiger partial charge is 0.326 e. The number of H-pyrrole nitrogens is 1. The number of carbonyl (C=O) groups is 2. The molecular weight excluding hydrogens is 282 g/mol. The van der Waals surface area contributed by atoms with Crippen LogP contribution < -0.4 is 10.9 Å². The van der Waals surface area contributed by atoms with Crippen LogP contribution in [0.2, 0.25) is 0 Å². The minimum Gasteiger partial charge on any atom is -0.480 e. The normalized spacial score (nSPS) is 12.3. The van der Waals surface area contributed by atoms with Crippen LogP contribution in [0.4, 0.5) is 0 Å². The molecule has 7 nitrogen and oxygen atoms in total. The lowest BCUT2D eigenvalue weighted by Crippen LogP contribution is -2.40. The van der Waals surface area contributed by atoms with Gasteiger partial charge in [-0.15, -0.1) is 11.3 Å². The number of rotatable bonds is 4. The van der Waals surface area contributed by atoms with Gasteiger partial charge in [-0.3, -0.25) is 9.59 Å². The number of nitrogens with one attached hydrogen (secondary N) is 2. The van der Waals surface area contributed by atoms with E-state index in [0.29, 0.717) is 20.7 Å². The molecule has 0 aliphatic heterocycles. The summed E-state index contributed by atoms with van der Waals surface area (Å²) in [5.41, 5.74) is 0.199. The molecule has 0 fully saturated rings. The van der Waals surface area contributed by atoms with Gasteiger partial charge in [0.05, 0.1) is 16.6 Å². The molecule has 1 amide bonds. The van der Waals surface area contributed by atoms with E-state index in [9.17, 15) is 14.4 Å². The molecule has 0 saturated heterocycles. The van der Waals surface area contributed by atoms with Crippen molar-refractivity contribution in [2.45, 2.75) is 26.3 Å². The first-order valence-electron chi connectivity index (χ1n) is 5.96. The van der Waals surface area contributed by atoms with E-state index in [1.54, 1.807) is 13.8 Å². The van der Waals surface area contributed by atoms with Gasteiger partial charge in [0.15, 0.2) is 0 Å². The van der Waals surface area contributed by atoms with Crippen LogP contribution in [0, 0.1) is 6.92 Å². The largest absolute Gasteiger partial charge is 0.480 e. The van der Waals surface area contributed by atoms with E-state index in [0.717, 1.165) is 11.3 Å². The molecule has 2 aromatic rings. The lowest BCUT2D eigenvalue weighted by Gasteiger charge is -2.11. The van der Waals surface area contributed by atoms with E-state index in [1.165, 1.54) is 6.33 Å². The van der Waals surface area contributed by atoms with Gasteiger partial charge in [0.2, 0.25) is 0 Å². The van der Waals surface area contributed by atoms with Gasteiger partial charge in [-0.1, -0.05) is 6.92 Å². The van der Waals surface area contributed by atoms with Gasteiger partial charge >= 0.3 is 5.97 Å². The molecular formula is C12H13N3O4S. The van der Waals surface area contributed by atoms with Crippen LogP contribution in [0.5, 0.6) is 0 Å². The fraction of sp³-hybridized carbons (Fsp3) is 0.333. The van der Waals surface area contributed by atoms with E-state index in [1.807, 2.05) is 0 Å². The van der Waals surface area contributed by atoms with Crippen LogP contribution >= 0.6 is 11.3 Å². The summed E-state index contributed by atoms with van der Waals surface area (Å²) in [6, 6.07) is -0.946. The number of aromatic nitrogens is 2. The molecule has 1 atom stereocenters. The third-order valence-electron chi connectivity index (χ3n) is 2.95. The Balaban J connectivity index is 2.41. The van der Waals surface area contributed by atoms with Crippen molar-refractivity contribution in [3.63, 3.8) is 0 Å². The molecule has 0 aromatic carbocycles. The Labute approximate surface area is 117 Å². The number of aliphatic carboxylic acids is 1. The van der Waals surface area contributed by atoms with Gasteiger partial charge in [0.1, 0.15) is 10.9 Å². The summed E-state index contributed by atoms with van der Waals surface area (Å²) >= 11 is 1.07. The maximum Gasteiger partial charge on any atom is 0.326 e. The Morgan fingerprint density at radius 3 is 2.80 bits per heavy atom. The number of hydrogen-bond acceptors (Lipinski definition) is 5. The molecule has 1 unspecified atom stereocenters. The zero-order chi connectivity index (χ0) is 14.9. The first kappa shape index (κ1) is 14.2. The van der Waals surface area contributed by atoms with Gasteiger partial charge in [0.25, 0.3) is 11.5 Å². The van der Waals surface area contributed by atoms with Gasteiger partial charge in [-0.05, 0) is 18.9 Å². The molecule has 2 heterocycles. The van der Waals surface area contributed by atoms with Crippen molar-refractivity contribution in [2.75, 3.05) is 0 Å². The van der Waals surface area contributed by atoms with Crippen molar-refractivity contribution in [1.29, 1.82) is 0 Å². The molecule has 8 heteroatoms. The number of amides is 1. The predicted octanol–water partition coefficient (Wildman–Crippen LogP) is 0.886. The van der Waals surface area contributed by atoms with Crippen molar-refractivity contribution in [2.24, 2.45) is 0 Å². The summed E-state index contributed by atoms with van der Waals surface area (Å²) in [6.45, 7) is 3.31. The van der Waals surface area contributed by atoms with Crippen LogP contribution in [-0.4, -0.2) is 33.0 Å². The highest BCUT2D eigenvalue weighted by Crippen LogP contribution is 2.26. The zero-order valence-electron chi connectivity index (χ0n) is 10.9. The van der Waals surface area contributed by atoms with E-state index < -0.39 is 17.9 Å². The summed E-state index contributed by atoms with van der Waals surface area (Å²) in [7, 11) is 0. The SMILES string of the molecule is CCC(NC(=O)c1sc2nc[nH]c(=O)c2c1C)C(=O)O.